The molecule has 0 spiro atoms. The molecule has 0 saturated carbocycles. The topological polar surface area (TPSA) is 67.6 Å². The lowest BCUT2D eigenvalue weighted by Crippen LogP contribution is -1.89. The van der Waals surface area contributed by atoms with Gasteiger partial charge in [-0.3, -0.25) is 10.1 Å². The first-order chi connectivity index (χ1) is 9.66. The molecule has 3 aromatic rings. The molecule has 0 bridgehead atoms. The summed E-state index contributed by atoms with van der Waals surface area (Å²) in [7, 11) is 0. The maximum absolute atomic E-state index is 6.07. The normalized spacial score (nSPS) is 10.7. The molecule has 3 rings (SSSR count). The number of aromatic nitrogens is 3. The van der Waals surface area contributed by atoms with Crippen molar-refractivity contribution in [3.63, 3.8) is 0 Å². The maximum atomic E-state index is 6.07. The van der Waals surface area contributed by atoms with Crippen molar-refractivity contribution < 1.29 is 0 Å². The van der Waals surface area contributed by atoms with Gasteiger partial charge in [-0.05, 0) is 29.8 Å². The summed E-state index contributed by atoms with van der Waals surface area (Å²) < 4.78 is 0. The van der Waals surface area contributed by atoms with Crippen LogP contribution >= 0.6 is 23.2 Å². The summed E-state index contributed by atoms with van der Waals surface area (Å²) in [5.41, 5.74) is 9.40. The Labute approximate surface area is 125 Å². The molecular weight excluding hydrogens is 295 g/mol. The third kappa shape index (κ3) is 2.24. The van der Waals surface area contributed by atoms with Crippen molar-refractivity contribution in [3.05, 3.63) is 52.8 Å². The second-order valence-corrected chi connectivity index (χ2v) is 5.04. The molecular formula is C14H10Cl2N4. The predicted molar refractivity (Wildman–Crippen MR) is 81.7 cm³/mol. The van der Waals surface area contributed by atoms with E-state index in [4.69, 9.17) is 28.9 Å². The summed E-state index contributed by atoms with van der Waals surface area (Å²) in [6.07, 6.45) is 3.43. The average Bonchev–Trinajstić information content (AvgIpc) is 2.85. The van der Waals surface area contributed by atoms with Crippen LogP contribution in [0.5, 0.6) is 0 Å². The van der Waals surface area contributed by atoms with Crippen LogP contribution in [0.3, 0.4) is 0 Å². The number of aromatic amines is 1. The summed E-state index contributed by atoms with van der Waals surface area (Å²) >= 11 is 12.0. The van der Waals surface area contributed by atoms with E-state index in [0.717, 1.165) is 22.4 Å². The van der Waals surface area contributed by atoms with Crippen molar-refractivity contribution in [2.75, 3.05) is 5.73 Å². The van der Waals surface area contributed by atoms with E-state index in [-0.39, 0.29) is 0 Å². The molecule has 0 unspecified atom stereocenters. The number of benzene rings is 1. The molecule has 3 N–H and O–H groups in total. The van der Waals surface area contributed by atoms with Crippen LogP contribution in [0.2, 0.25) is 10.0 Å². The van der Waals surface area contributed by atoms with Gasteiger partial charge in [0.25, 0.3) is 0 Å². The Morgan fingerprint density at radius 2 is 1.70 bits per heavy atom. The van der Waals surface area contributed by atoms with E-state index in [2.05, 4.69) is 15.2 Å². The Bertz CT molecular complexity index is 753. The second-order valence-electron chi connectivity index (χ2n) is 4.22. The highest BCUT2D eigenvalue weighted by Crippen LogP contribution is 2.36. The molecule has 100 valence electrons. The van der Waals surface area contributed by atoms with Crippen LogP contribution in [0, 0.1) is 0 Å². The Balaban J connectivity index is 2.19. The van der Waals surface area contributed by atoms with Gasteiger partial charge < -0.3 is 5.73 Å². The average molecular weight is 305 g/mol. The van der Waals surface area contributed by atoms with Crippen molar-refractivity contribution in [2.24, 2.45) is 0 Å². The molecule has 4 nitrogen and oxygen atoms in total. The van der Waals surface area contributed by atoms with Crippen LogP contribution in [0.4, 0.5) is 5.82 Å². The molecule has 0 aliphatic heterocycles. The predicted octanol–water partition coefficient (Wildman–Crippen LogP) is 4.03. The molecule has 0 aliphatic rings. The van der Waals surface area contributed by atoms with Gasteiger partial charge in [0, 0.05) is 18.0 Å². The minimum atomic E-state index is 0.412. The standard InChI is InChI=1S/C14H10Cl2N4/c15-10-2-1-9(7-11(10)16)12-13(19-20-14(12)17)8-3-5-18-6-4-8/h1-7H,(H3,17,19,20). The van der Waals surface area contributed by atoms with E-state index in [0.29, 0.717) is 15.9 Å². The van der Waals surface area contributed by atoms with Gasteiger partial charge in [-0.2, -0.15) is 5.10 Å². The third-order valence-corrected chi connectivity index (χ3v) is 3.71. The minimum Gasteiger partial charge on any atom is -0.382 e. The molecule has 20 heavy (non-hydrogen) atoms. The zero-order valence-electron chi connectivity index (χ0n) is 10.3. The summed E-state index contributed by atoms with van der Waals surface area (Å²) in [5, 5.41) is 8.00. The number of hydrogen-bond acceptors (Lipinski definition) is 3. The fourth-order valence-electron chi connectivity index (χ4n) is 2.03. The molecule has 0 atom stereocenters. The van der Waals surface area contributed by atoms with E-state index in [1.165, 1.54) is 0 Å². The summed E-state index contributed by atoms with van der Waals surface area (Å²) in [5.74, 6) is 0.412. The van der Waals surface area contributed by atoms with Crippen LogP contribution in [0.1, 0.15) is 0 Å². The van der Waals surface area contributed by atoms with Gasteiger partial charge in [0.05, 0.1) is 21.3 Å². The number of nitrogens with two attached hydrogens (primary N) is 1. The summed E-state index contributed by atoms with van der Waals surface area (Å²) in [6.45, 7) is 0. The van der Waals surface area contributed by atoms with Crippen LogP contribution in [-0.2, 0) is 0 Å². The van der Waals surface area contributed by atoms with Crippen LogP contribution in [0.25, 0.3) is 22.4 Å². The molecule has 0 aliphatic carbocycles. The number of nitrogen functional groups attached to an aromatic ring is 1. The molecule has 2 heterocycles. The van der Waals surface area contributed by atoms with E-state index in [1.54, 1.807) is 24.5 Å². The van der Waals surface area contributed by atoms with Gasteiger partial charge >= 0.3 is 0 Å². The number of nitrogens with one attached hydrogen (secondary N) is 1. The Kier molecular flexibility index (Phi) is 3.34. The first-order valence-electron chi connectivity index (χ1n) is 5.86. The first-order valence-corrected chi connectivity index (χ1v) is 6.62. The van der Waals surface area contributed by atoms with Crippen molar-refractivity contribution in [1.82, 2.24) is 15.2 Å². The van der Waals surface area contributed by atoms with E-state index < -0.39 is 0 Å². The van der Waals surface area contributed by atoms with Gasteiger partial charge in [-0.15, -0.1) is 0 Å². The zero-order chi connectivity index (χ0) is 14.1. The lowest BCUT2D eigenvalue weighted by Gasteiger charge is -2.06. The largest absolute Gasteiger partial charge is 0.382 e. The van der Waals surface area contributed by atoms with Crippen molar-refractivity contribution in [3.8, 4) is 22.4 Å². The molecule has 0 fully saturated rings. The van der Waals surface area contributed by atoms with Gasteiger partial charge in [-0.1, -0.05) is 29.3 Å². The lowest BCUT2D eigenvalue weighted by atomic mass is 10.0. The molecule has 2 aromatic heterocycles. The highest BCUT2D eigenvalue weighted by atomic mass is 35.5. The third-order valence-electron chi connectivity index (χ3n) is 2.97. The SMILES string of the molecule is Nc1n[nH]c(-c2ccncc2)c1-c1ccc(Cl)c(Cl)c1. The van der Waals surface area contributed by atoms with Crippen molar-refractivity contribution >= 4 is 29.0 Å². The summed E-state index contributed by atoms with van der Waals surface area (Å²) in [6, 6.07) is 9.14. The second kappa shape index (κ2) is 5.15. The number of H-pyrrole nitrogens is 1. The number of rotatable bonds is 2. The zero-order valence-corrected chi connectivity index (χ0v) is 11.8. The molecule has 0 saturated heterocycles. The van der Waals surface area contributed by atoms with Crippen LogP contribution in [0.15, 0.2) is 42.7 Å². The van der Waals surface area contributed by atoms with Crippen LogP contribution in [-0.4, -0.2) is 15.2 Å². The number of pyridine rings is 1. The van der Waals surface area contributed by atoms with E-state index in [9.17, 15) is 0 Å². The minimum absolute atomic E-state index is 0.412. The van der Waals surface area contributed by atoms with Gasteiger partial charge in [0.2, 0.25) is 0 Å². The number of anilines is 1. The molecule has 0 radical (unpaired) electrons. The number of nitrogens with zero attached hydrogens (tertiary/aromatic N) is 2. The fraction of sp³-hybridized carbons (Fsp3) is 0. The molecule has 0 amide bonds. The maximum Gasteiger partial charge on any atom is 0.153 e. The number of halogens is 2. The first kappa shape index (κ1) is 13.0. The summed E-state index contributed by atoms with van der Waals surface area (Å²) in [4.78, 5) is 4.00. The lowest BCUT2D eigenvalue weighted by molar-refractivity contribution is 1.10. The fourth-order valence-corrected chi connectivity index (χ4v) is 2.33. The Hall–Kier alpha value is -2.04. The van der Waals surface area contributed by atoms with Gasteiger partial charge in [0.15, 0.2) is 5.82 Å². The Morgan fingerprint density at radius 3 is 2.40 bits per heavy atom. The van der Waals surface area contributed by atoms with E-state index >= 15 is 0 Å². The Morgan fingerprint density at radius 1 is 0.950 bits per heavy atom. The molecule has 1 aromatic carbocycles. The molecule has 6 heteroatoms. The quantitative estimate of drug-likeness (QED) is 0.751. The highest BCUT2D eigenvalue weighted by Gasteiger charge is 2.15. The van der Waals surface area contributed by atoms with Crippen LogP contribution < -0.4 is 5.73 Å². The van der Waals surface area contributed by atoms with E-state index in [1.807, 2.05) is 18.2 Å². The van der Waals surface area contributed by atoms with Crippen molar-refractivity contribution in [2.45, 2.75) is 0 Å². The smallest absolute Gasteiger partial charge is 0.153 e. The van der Waals surface area contributed by atoms with Crippen molar-refractivity contribution in [1.29, 1.82) is 0 Å². The highest BCUT2D eigenvalue weighted by molar-refractivity contribution is 6.42. The number of hydrogen-bond donors (Lipinski definition) is 2. The monoisotopic (exact) mass is 304 g/mol. The van der Waals surface area contributed by atoms with Gasteiger partial charge in [-0.25, -0.2) is 0 Å². The van der Waals surface area contributed by atoms with Gasteiger partial charge in [0.1, 0.15) is 0 Å².